The van der Waals surface area contributed by atoms with Crippen molar-refractivity contribution in [3.63, 3.8) is 0 Å². The largest absolute Gasteiger partial charge is 0.389 e. The molecule has 94 valence electrons. The Balaban J connectivity index is 3.00. The molecule has 4 nitrogen and oxygen atoms in total. The van der Waals surface area contributed by atoms with Crippen LogP contribution < -0.4 is 10.5 Å². The van der Waals surface area contributed by atoms with Gasteiger partial charge in [0.2, 0.25) is 10.0 Å². The summed E-state index contributed by atoms with van der Waals surface area (Å²) in [5, 5.41) is 0. The average molecular weight is 272 g/mol. The third kappa shape index (κ3) is 4.41. The van der Waals surface area contributed by atoms with Crippen molar-refractivity contribution < 1.29 is 8.42 Å². The molecular formula is C11H16N2O2S2. The maximum Gasteiger partial charge on any atom is 0.216 e. The predicted octanol–water partition coefficient (Wildman–Crippen LogP) is 1.15. The van der Waals surface area contributed by atoms with Crippen molar-refractivity contribution in [3.8, 4) is 0 Å². The van der Waals surface area contributed by atoms with Gasteiger partial charge in [-0.05, 0) is 19.4 Å². The molecule has 1 rings (SSSR count). The Labute approximate surface area is 107 Å². The Hall–Kier alpha value is -0.980. The van der Waals surface area contributed by atoms with Gasteiger partial charge in [-0.1, -0.05) is 36.5 Å². The van der Waals surface area contributed by atoms with E-state index in [0.717, 1.165) is 0 Å². The van der Waals surface area contributed by atoms with Crippen LogP contribution in [0.2, 0.25) is 0 Å². The second-order valence-electron chi connectivity index (χ2n) is 4.05. The van der Waals surface area contributed by atoms with Crippen LogP contribution in [0, 0.1) is 0 Å². The number of hydrogen-bond donors (Lipinski definition) is 2. The summed E-state index contributed by atoms with van der Waals surface area (Å²) in [5.41, 5.74) is 6.78. The molecule has 1 aromatic carbocycles. The molecular weight excluding hydrogens is 256 g/mol. The van der Waals surface area contributed by atoms with Gasteiger partial charge in [-0.2, -0.15) is 0 Å². The number of nitrogens with one attached hydrogen (secondary N) is 1. The quantitative estimate of drug-likeness (QED) is 0.789. The Bertz CT molecular complexity index is 510. The molecule has 0 bridgehead atoms. The van der Waals surface area contributed by atoms with Gasteiger partial charge in [-0.25, -0.2) is 13.1 Å². The molecule has 0 atom stereocenters. The third-order valence-electron chi connectivity index (χ3n) is 2.04. The fraction of sp³-hybridized carbons (Fsp3) is 0.364. The van der Waals surface area contributed by atoms with Crippen LogP contribution in [0.15, 0.2) is 24.3 Å². The first-order chi connectivity index (χ1) is 7.82. The van der Waals surface area contributed by atoms with E-state index >= 15 is 0 Å². The van der Waals surface area contributed by atoms with Gasteiger partial charge in [0.15, 0.2) is 0 Å². The Kier molecular flexibility index (Phi) is 4.62. The predicted molar refractivity (Wildman–Crippen MR) is 73.2 cm³/mol. The van der Waals surface area contributed by atoms with Crippen LogP contribution in [-0.2, 0) is 15.8 Å². The topological polar surface area (TPSA) is 72.2 Å². The molecule has 0 amide bonds. The van der Waals surface area contributed by atoms with Gasteiger partial charge < -0.3 is 5.73 Å². The minimum atomic E-state index is -3.36. The number of hydrogen-bond acceptors (Lipinski definition) is 3. The summed E-state index contributed by atoms with van der Waals surface area (Å²) >= 11 is 4.89. The molecule has 0 unspecified atom stereocenters. The summed E-state index contributed by atoms with van der Waals surface area (Å²) < 4.78 is 26.1. The van der Waals surface area contributed by atoms with Crippen molar-refractivity contribution in [1.82, 2.24) is 4.72 Å². The molecule has 0 saturated carbocycles. The summed E-state index contributed by atoms with van der Waals surface area (Å²) in [6.45, 7) is 3.55. The molecule has 3 N–H and O–H groups in total. The van der Waals surface area contributed by atoms with Gasteiger partial charge in [0.1, 0.15) is 4.99 Å². The Morgan fingerprint density at radius 3 is 2.53 bits per heavy atom. The standard InChI is InChI=1S/C11H16N2O2S2/c1-8(2)13-17(14,15)7-9-5-3-4-6-10(9)11(12)16/h3-6,8,13H,7H2,1-2H3,(H2,12,16). The summed E-state index contributed by atoms with van der Waals surface area (Å²) in [4.78, 5) is 0.209. The van der Waals surface area contributed by atoms with E-state index in [1.807, 2.05) is 0 Å². The zero-order valence-corrected chi connectivity index (χ0v) is 11.4. The molecule has 0 aliphatic carbocycles. The van der Waals surface area contributed by atoms with E-state index in [9.17, 15) is 8.42 Å². The zero-order valence-electron chi connectivity index (χ0n) is 9.80. The van der Waals surface area contributed by atoms with E-state index < -0.39 is 10.0 Å². The lowest BCUT2D eigenvalue weighted by atomic mass is 10.1. The van der Waals surface area contributed by atoms with Crippen molar-refractivity contribution in [2.75, 3.05) is 0 Å². The maximum absolute atomic E-state index is 11.8. The highest BCUT2D eigenvalue weighted by atomic mass is 32.2. The van der Waals surface area contributed by atoms with Gasteiger partial charge in [0.05, 0.1) is 5.75 Å². The van der Waals surface area contributed by atoms with Crippen molar-refractivity contribution in [3.05, 3.63) is 35.4 Å². The van der Waals surface area contributed by atoms with Gasteiger partial charge >= 0.3 is 0 Å². The number of thiocarbonyl (C=S) groups is 1. The Morgan fingerprint density at radius 1 is 1.41 bits per heavy atom. The van der Waals surface area contributed by atoms with Crippen LogP contribution in [0.25, 0.3) is 0 Å². The number of rotatable bonds is 5. The zero-order chi connectivity index (χ0) is 13.1. The molecule has 0 aliphatic heterocycles. The smallest absolute Gasteiger partial charge is 0.216 e. The van der Waals surface area contributed by atoms with Crippen LogP contribution in [0.4, 0.5) is 0 Å². The van der Waals surface area contributed by atoms with Crippen LogP contribution in [0.3, 0.4) is 0 Å². The Morgan fingerprint density at radius 2 is 2.00 bits per heavy atom. The molecule has 0 saturated heterocycles. The fourth-order valence-electron chi connectivity index (χ4n) is 1.49. The summed E-state index contributed by atoms with van der Waals surface area (Å²) in [6, 6.07) is 6.86. The normalized spacial score (nSPS) is 11.7. The first-order valence-corrected chi connectivity index (χ1v) is 7.25. The van der Waals surface area contributed by atoms with E-state index in [2.05, 4.69) is 4.72 Å². The molecule has 0 heterocycles. The molecule has 1 aromatic rings. The van der Waals surface area contributed by atoms with Gasteiger partial charge in [0.25, 0.3) is 0 Å². The van der Waals surface area contributed by atoms with E-state index in [4.69, 9.17) is 18.0 Å². The van der Waals surface area contributed by atoms with Crippen LogP contribution in [0.5, 0.6) is 0 Å². The second kappa shape index (κ2) is 5.57. The molecule has 0 fully saturated rings. The molecule has 0 spiro atoms. The van der Waals surface area contributed by atoms with E-state index in [1.165, 1.54) is 0 Å². The summed E-state index contributed by atoms with van der Waals surface area (Å²) in [7, 11) is -3.36. The van der Waals surface area contributed by atoms with Crippen molar-refractivity contribution >= 4 is 27.2 Å². The first-order valence-electron chi connectivity index (χ1n) is 5.19. The molecule has 0 aromatic heterocycles. The van der Waals surface area contributed by atoms with Gasteiger partial charge in [0, 0.05) is 11.6 Å². The molecule has 6 heteroatoms. The van der Waals surface area contributed by atoms with E-state index in [0.29, 0.717) is 11.1 Å². The molecule has 0 aliphatic rings. The monoisotopic (exact) mass is 272 g/mol. The number of benzene rings is 1. The minimum Gasteiger partial charge on any atom is -0.389 e. The van der Waals surface area contributed by atoms with E-state index in [-0.39, 0.29) is 16.8 Å². The summed E-state index contributed by atoms with van der Waals surface area (Å²) in [6.07, 6.45) is 0. The van der Waals surface area contributed by atoms with Gasteiger partial charge in [-0.3, -0.25) is 0 Å². The lowest BCUT2D eigenvalue weighted by Gasteiger charge is -2.11. The highest BCUT2D eigenvalue weighted by molar-refractivity contribution is 7.88. The third-order valence-corrected chi connectivity index (χ3v) is 3.79. The van der Waals surface area contributed by atoms with Crippen LogP contribution in [0.1, 0.15) is 25.0 Å². The highest BCUT2D eigenvalue weighted by Crippen LogP contribution is 2.12. The summed E-state index contributed by atoms with van der Waals surface area (Å²) in [5.74, 6) is -0.112. The van der Waals surface area contributed by atoms with Crippen molar-refractivity contribution in [1.29, 1.82) is 0 Å². The van der Waals surface area contributed by atoms with Gasteiger partial charge in [-0.15, -0.1) is 0 Å². The lowest BCUT2D eigenvalue weighted by Crippen LogP contribution is -2.31. The molecule has 17 heavy (non-hydrogen) atoms. The maximum atomic E-state index is 11.8. The molecule has 0 radical (unpaired) electrons. The first kappa shape index (κ1) is 14.1. The van der Waals surface area contributed by atoms with E-state index in [1.54, 1.807) is 38.1 Å². The van der Waals surface area contributed by atoms with Crippen molar-refractivity contribution in [2.45, 2.75) is 25.6 Å². The fourth-order valence-corrected chi connectivity index (χ4v) is 3.15. The van der Waals surface area contributed by atoms with Crippen molar-refractivity contribution in [2.24, 2.45) is 5.73 Å². The average Bonchev–Trinajstić information content (AvgIpc) is 2.14. The lowest BCUT2D eigenvalue weighted by molar-refractivity contribution is 0.569. The van der Waals surface area contributed by atoms with Crippen LogP contribution in [-0.4, -0.2) is 19.4 Å². The SMILES string of the molecule is CC(C)NS(=O)(=O)Cc1ccccc1C(N)=S. The highest BCUT2D eigenvalue weighted by Gasteiger charge is 2.15. The number of nitrogens with two attached hydrogens (primary N) is 1. The second-order valence-corrected chi connectivity index (χ2v) is 6.25. The minimum absolute atomic E-state index is 0.112. The van der Waals surface area contributed by atoms with Crippen LogP contribution >= 0.6 is 12.2 Å². The number of sulfonamides is 1.